The standard InChI is InChI=1S/C16H13F3O3/c1-21-13-5-3-4-12(14(13)15(20)22-2)10-6-8-11(9-7-10)16(17,18)19/h3-9H,1-2H3. The van der Waals surface area contributed by atoms with Crippen LogP contribution in [-0.4, -0.2) is 20.2 Å². The van der Waals surface area contributed by atoms with Crippen LogP contribution in [0.4, 0.5) is 13.2 Å². The van der Waals surface area contributed by atoms with Crippen molar-refractivity contribution in [2.45, 2.75) is 6.18 Å². The number of esters is 1. The third-order valence-electron chi connectivity index (χ3n) is 3.16. The Bertz CT molecular complexity index is 676. The predicted octanol–water partition coefficient (Wildman–Crippen LogP) is 4.17. The van der Waals surface area contributed by atoms with Gasteiger partial charge in [0.1, 0.15) is 11.3 Å². The number of methoxy groups -OCH3 is 2. The second-order valence-electron chi connectivity index (χ2n) is 4.45. The summed E-state index contributed by atoms with van der Waals surface area (Å²) in [6, 6.07) is 9.41. The van der Waals surface area contributed by atoms with Crippen LogP contribution < -0.4 is 4.74 Å². The lowest BCUT2D eigenvalue weighted by molar-refractivity contribution is -0.137. The first-order valence-electron chi connectivity index (χ1n) is 6.31. The van der Waals surface area contributed by atoms with Gasteiger partial charge in [-0.05, 0) is 29.3 Å². The van der Waals surface area contributed by atoms with Crippen LogP contribution in [0.1, 0.15) is 15.9 Å². The number of hydrogen-bond acceptors (Lipinski definition) is 3. The van der Waals surface area contributed by atoms with Gasteiger partial charge < -0.3 is 9.47 Å². The fourth-order valence-corrected chi connectivity index (χ4v) is 2.09. The first-order valence-corrected chi connectivity index (χ1v) is 6.31. The smallest absolute Gasteiger partial charge is 0.416 e. The molecule has 0 aromatic heterocycles. The van der Waals surface area contributed by atoms with Gasteiger partial charge in [0.2, 0.25) is 0 Å². The highest BCUT2D eigenvalue weighted by molar-refractivity contribution is 6.00. The summed E-state index contributed by atoms with van der Waals surface area (Å²) in [5.41, 5.74) is 0.332. The minimum atomic E-state index is -4.40. The van der Waals surface area contributed by atoms with Gasteiger partial charge in [0.05, 0.1) is 19.8 Å². The topological polar surface area (TPSA) is 35.5 Å². The average Bonchev–Trinajstić information content (AvgIpc) is 2.52. The SMILES string of the molecule is COC(=O)c1c(OC)cccc1-c1ccc(C(F)(F)F)cc1. The van der Waals surface area contributed by atoms with Crippen molar-refractivity contribution in [2.24, 2.45) is 0 Å². The summed E-state index contributed by atoms with van der Waals surface area (Å²) in [4.78, 5) is 11.9. The van der Waals surface area contributed by atoms with Crippen molar-refractivity contribution < 1.29 is 27.4 Å². The zero-order valence-electron chi connectivity index (χ0n) is 11.9. The third kappa shape index (κ3) is 3.05. The summed E-state index contributed by atoms with van der Waals surface area (Å²) in [6.07, 6.45) is -4.40. The second-order valence-corrected chi connectivity index (χ2v) is 4.45. The first kappa shape index (κ1) is 15.9. The number of carbonyl (C=O) groups excluding carboxylic acids is 1. The molecule has 2 rings (SSSR count). The maximum atomic E-state index is 12.6. The summed E-state index contributed by atoms with van der Waals surface area (Å²) in [5.74, 6) is -0.323. The molecule has 2 aromatic carbocycles. The summed E-state index contributed by atoms with van der Waals surface area (Å²) < 4.78 is 47.7. The highest BCUT2D eigenvalue weighted by Gasteiger charge is 2.30. The molecule has 22 heavy (non-hydrogen) atoms. The lowest BCUT2D eigenvalue weighted by Crippen LogP contribution is -2.07. The number of halogens is 3. The number of rotatable bonds is 3. The van der Waals surface area contributed by atoms with Crippen molar-refractivity contribution in [2.75, 3.05) is 14.2 Å². The first-order chi connectivity index (χ1) is 10.4. The van der Waals surface area contributed by atoms with Crippen molar-refractivity contribution in [3.8, 4) is 16.9 Å². The maximum Gasteiger partial charge on any atom is 0.416 e. The van der Waals surface area contributed by atoms with Gasteiger partial charge >= 0.3 is 12.1 Å². The number of ether oxygens (including phenoxy) is 2. The van der Waals surface area contributed by atoms with E-state index in [0.29, 0.717) is 16.9 Å². The van der Waals surface area contributed by atoms with Gasteiger partial charge in [0.15, 0.2) is 0 Å². The molecule has 0 saturated carbocycles. The molecular weight excluding hydrogens is 297 g/mol. The Hall–Kier alpha value is -2.50. The van der Waals surface area contributed by atoms with Crippen LogP contribution in [0.2, 0.25) is 0 Å². The van der Waals surface area contributed by atoms with Crippen LogP contribution in [0.15, 0.2) is 42.5 Å². The van der Waals surface area contributed by atoms with Gasteiger partial charge in [-0.15, -0.1) is 0 Å². The van der Waals surface area contributed by atoms with Crippen LogP contribution >= 0.6 is 0 Å². The van der Waals surface area contributed by atoms with Crippen LogP contribution in [0, 0.1) is 0 Å². The molecule has 2 aromatic rings. The van der Waals surface area contributed by atoms with Gasteiger partial charge in [0.25, 0.3) is 0 Å². The minimum absolute atomic E-state index is 0.173. The van der Waals surface area contributed by atoms with Gasteiger partial charge in [-0.25, -0.2) is 4.79 Å². The average molecular weight is 310 g/mol. The Kier molecular flexibility index (Phi) is 4.40. The highest BCUT2D eigenvalue weighted by Crippen LogP contribution is 2.34. The monoisotopic (exact) mass is 310 g/mol. The van der Waals surface area contributed by atoms with E-state index in [1.807, 2.05) is 0 Å². The zero-order chi connectivity index (χ0) is 16.3. The Balaban J connectivity index is 2.55. The van der Waals surface area contributed by atoms with E-state index in [1.165, 1.54) is 26.4 Å². The summed E-state index contributed by atoms with van der Waals surface area (Å²) in [7, 11) is 2.63. The van der Waals surface area contributed by atoms with Gasteiger partial charge in [-0.3, -0.25) is 0 Å². The van der Waals surface area contributed by atoms with E-state index < -0.39 is 17.7 Å². The number of carbonyl (C=O) groups is 1. The molecule has 0 spiro atoms. The van der Waals surface area contributed by atoms with Crippen LogP contribution in [0.5, 0.6) is 5.75 Å². The summed E-state index contributed by atoms with van der Waals surface area (Å²) >= 11 is 0. The predicted molar refractivity (Wildman–Crippen MR) is 74.8 cm³/mol. The molecule has 0 saturated heterocycles. The van der Waals surface area contributed by atoms with Crippen molar-refractivity contribution in [3.05, 3.63) is 53.6 Å². The summed E-state index contributed by atoms with van der Waals surface area (Å²) in [5, 5.41) is 0. The zero-order valence-corrected chi connectivity index (χ0v) is 11.9. The second kappa shape index (κ2) is 6.09. The Morgan fingerprint density at radius 1 is 1.00 bits per heavy atom. The van der Waals surface area contributed by atoms with E-state index in [0.717, 1.165) is 12.1 Å². The lowest BCUT2D eigenvalue weighted by Gasteiger charge is -2.13. The number of alkyl halides is 3. The van der Waals surface area contributed by atoms with Gasteiger partial charge in [-0.1, -0.05) is 24.3 Å². The molecule has 0 fully saturated rings. The van der Waals surface area contributed by atoms with Crippen LogP contribution in [0.3, 0.4) is 0 Å². The van der Waals surface area contributed by atoms with E-state index in [2.05, 4.69) is 0 Å². The van der Waals surface area contributed by atoms with Crippen molar-refractivity contribution in [1.29, 1.82) is 0 Å². The largest absolute Gasteiger partial charge is 0.496 e. The maximum absolute atomic E-state index is 12.6. The van der Waals surface area contributed by atoms with Crippen molar-refractivity contribution in [3.63, 3.8) is 0 Å². The molecule has 3 nitrogen and oxygen atoms in total. The van der Waals surface area contributed by atoms with Crippen molar-refractivity contribution >= 4 is 5.97 Å². The highest BCUT2D eigenvalue weighted by atomic mass is 19.4. The Morgan fingerprint density at radius 2 is 1.64 bits per heavy atom. The molecule has 0 bridgehead atoms. The van der Waals surface area contributed by atoms with E-state index in [-0.39, 0.29) is 5.56 Å². The molecule has 0 heterocycles. The molecule has 0 aliphatic rings. The van der Waals surface area contributed by atoms with Crippen LogP contribution in [-0.2, 0) is 10.9 Å². The Labute approximate surface area is 125 Å². The molecule has 0 atom stereocenters. The van der Waals surface area contributed by atoms with Crippen LogP contribution in [0.25, 0.3) is 11.1 Å². The van der Waals surface area contributed by atoms with E-state index >= 15 is 0 Å². The third-order valence-corrected chi connectivity index (χ3v) is 3.16. The van der Waals surface area contributed by atoms with Gasteiger partial charge in [0, 0.05) is 0 Å². The normalized spacial score (nSPS) is 11.1. The van der Waals surface area contributed by atoms with E-state index in [9.17, 15) is 18.0 Å². The quantitative estimate of drug-likeness (QED) is 0.798. The number of benzene rings is 2. The molecule has 0 radical (unpaired) electrons. The molecule has 0 aliphatic carbocycles. The summed E-state index contributed by atoms with van der Waals surface area (Å²) in [6.45, 7) is 0. The van der Waals surface area contributed by atoms with Gasteiger partial charge in [-0.2, -0.15) is 13.2 Å². The lowest BCUT2D eigenvalue weighted by atomic mass is 9.98. The molecular formula is C16H13F3O3. The molecule has 116 valence electrons. The van der Waals surface area contributed by atoms with Crippen molar-refractivity contribution in [1.82, 2.24) is 0 Å². The minimum Gasteiger partial charge on any atom is -0.496 e. The molecule has 0 unspecified atom stereocenters. The fourth-order valence-electron chi connectivity index (χ4n) is 2.09. The molecule has 0 N–H and O–H groups in total. The molecule has 0 aliphatic heterocycles. The fraction of sp³-hybridized carbons (Fsp3) is 0.188. The van der Waals surface area contributed by atoms with E-state index in [4.69, 9.17) is 9.47 Å². The molecule has 0 amide bonds. The number of hydrogen-bond donors (Lipinski definition) is 0. The van der Waals surface area contributed by atoms with E-state index in [1.54, 1.807) is 18.2 Å². The molecule has 6 heteroatoms. The Morgan fingerprint density at radius 3 is 2.14 bits per heavy atom.